The van der Waals surface area contributed by atoms with Gasteiger partial charge in [0.15, 0.2) is 20.9 Å². The molecule has 1 fully saturated rings. The molecular formula is C51H77ClO8Si3. The van der Waals surface area contributed by atoms with Crippen LogP contribution in [0.25, 0.3) is 6.08 Å². The molecule has 1 aliphatic rings. The second-order valence-corrected chi connectivity index (χ2v) is 36.3. The van der Waals surface area contributed by atoms with Crippen molar-refractivity contribution in [3.05, 3.63) is 107 Å². The molecule has 12 heteroatoms. The Morgan fingerprint density at radius 2 is 1.43 bits per heavy atom. The topological polar surface area (TPSA) is 81.7 Å². The van der Waals surface area contributed by atoms with E-state index in [1.54, 1.807) is 12.1 Å². The minimum atomic E-state index is -2.79. The summed E-state index contributed by atoms with van der Waals surface area (Å²) in [6.45, 7) is 33.6. The lowest BCUT2D eigenvalue weighted by molar-refractivity contribution is -0.151. The average Bonchev–Trinajstić information content (AvgIpc) is 3.49. The quantitative estimate of drug-likeness (QED) is 0.0480. The monoisotopic (exact) mass is 936 g/mol. The van der Waals surface area contributed by atoms with Gasteiger partial charge in [0.1, 0.15) is 17.4 Å². The number of carbonyl (C=O) groups is 1. The van der Waals surface area contributed by atoms with Crippen LogP contribution in [0, 0.1) is 5.92 Å². The third kappa shape index (κ3) is 14.1. The molecule has 8 nitrogen and oxygen atoms in total. The largest absolute Gasteiger partial charge is 0.467 e. The number of rotatable bonds is 20. The van der Waals surface area contributed by atoms with Gasteiger partial charge in [-0.15, -0.1) is 0 Å². The smallest absolute Gasteiger partial charge is 0.342 e. The fourth-order valence-electron chi connectivity index (χ4n) is 7.61. The zero-order valence-corrected chi connectivity index (χ0v) is 44.9. The van der Waals surface area contributed by atoms with E-state index in [0.717, 1.165) is 6.04 Å². The first-order valence-corrected chi connectivity index (χ1v) is 31.4. The molecule has 1 aliphatic heterocycles. The molecule has 0 amide bonds. The van der Waals surface area contributed by atoms with E-state index >= 15 is 0 Å². The van der Waals surface area contributed by atoms with Gasteiger partial charge in [0.25, 0.3) is 8.32 Å². The van der Waals surface area contributed by atoms with Crippen molar-refractivity contribution in [2.75, 3.05) is 20.5 Å². The Bertz CT molecular complexity index is 1940. The Morgan fingerprint density at radius 1 is 0.841 bits per heavy atom. The maximum absolute atomic E-state index is 13.7. The van der Waals surface area contributed by atoms with Crippen LogP contribution in [0.5, 0.6) is 5.75 Å². The lowest BCUT2D eigenvalue weighted by Crippen LogP contribution is -2.67. The summed E-state index contributed by atoms with van der Waals surface area (Å²) in [7, 11) is -5.03. The van der Waals surface area contributed by atoms with Gasteiger partial charge in [0.2, 0.25) is 0 Å². The van der Waals surface area contributed by atoms with E-state index in [-0.39, 0.29) is 35.0 Å². The second kappa shape index (κ2) is 21.6. The van der Waals surface area contributed by atoms with Gasteiger partial charge < -0.3 is 32.5 Å². The van der Waals surface area contributed by atoms with Gasteiger partial charge in [0.05, 0.1) is 18.8 Å². The normalized spacial score (nSPS) is 19.1. The van der Waals surface area contributed by atoms with Gasteiger partial charge in [-0.1, -0.05) is 165 Å². The van der Waals surface area contributed by atoms with Gasteiger partial charge in [-0.2, -0.15) is 0 Å². The molecule has 63 heavy (non-hydrogen) atoms. The summed E-state index contributed by atoms with van der Waals surface area (Å²) in [5.41, 5.74) is 0.883. The van der Waals surface area contributed by atoms with E-state index < -0.39 is 48.7 Å². The molecule has 1 heterocycles. The van der Waals surface area contributed by atoms with Crippen molar-refractivity contribution in [3.8, 4) is 5.75 Å². The molecule has 0 saturated carbocycles. The van der Waals surface area contributed by atoms with E-state index in [2.05, 4.69) is 161 Å². The number of hydrogen-bond acceptors (Lipinski definition) is 8. The number of halogens is 1. The average molecular weight is 938 g/mol. The molecule has 4 rings (SSSR count). The van der Waals surface area contributed by atoms with Gasteiger partial charge in [-0.3, -0.25) is 0 Å². The highest BCUT2D eigenvalue weighted by Crippen LogP contribution is 2.42. The Hall–Kier alpha value is -2.85. The number of ether oxygens (including phenoxy) is 5. The van der Waals surface area contributed by atoms with Gasteiger partial charge >= 0.3 is 5.97 Å². The first-order chi connectivity index (χ1) is 29.2. The predicted molar refractivity (Wildman–Crippen MR) is 268 cm³/mol. The molecule has 3 aromatic rings. The van der Waals surface area contributed by atoms with Crippen LogP contribution in [-0.4, -0.2) is 81.4 Å². The summed E-state index contributed by atoms with van der Waals surface area (Å²) in [6, 6.07) is 25.8. The minimum absolute atomic E-state index is 0.0344. The first-order valence-electron chi connectivity index (χ1n) is 22.5. The predicted octanol–water partition coefficient (Wildman–Crippen LogP) is 12.3. The second-order valence-electron chi connectivity index (χ2n) is 21.2. The van der Waals surface area contributed by atoms with Crippen LogP contribution in [-0.2, 0) is 27.8 Å². The highest BCUT2D eigenvalue weighted by atomic mass is 35.5. The molecule has 0 spiro atoms. The summed E-state index contributed by atoms with van der Waals surface area (Å²) in [6.07, 6.45) is 7.47. The van der Waals surface area contributed by atoms with Crippen LogP contribution in [0.2, 0.25) is 53.9 Å². The Kier molecular flexibility index (Phi) is 18.1. The molecule has 0 N–H and O–H groups in total. The highest BCUT2D eigenvalue weighted by molar-refractivity contribution is 6.99. The summed E-state index contributed by atoms with van der Waals surface area (Å²) in [5.74, 6) is -0.992. The Morgan fingerprint density at radius 3 is 1.95 bits per heavy atom. The number of carbonyl (C=O) groups excluding carboxylic acids is 1. The van der Waals surface area contributed by atoms with Crippen molar-refractivity contribution < 1.29 is 37.3 Å². The molecule has 3 aromatic carbocycles. The highest BCUT2D eigenvalue weighted by Gasteiger charge is 2.52. The maximum Gasteiger partial charge on any atom is 0.342 e. The Labute approximate surface area is 388 Å². The van der Waals surface area contributed by atoms with E-state index in [0.29, 0.717) is 34.9 Å². The summed E-state index contributed by atoms with van der Waals surface area (Å²) >= 11 is 6.61. The van der Waals surface area contributed by atoms with Crippen molar-refractivity contribution in [1.82, 2.24) is 0 Å². The minimum Gasteiger partial charge on any atom is -0.467 e. The SMILES string of the molecule is COCOc1cc(Cl)cc(/C=C/C[C@H]2OC(C)(C)O[C@@H]2C(/C=C\[C@H](C)[C@H](C)O[Si](c2ccccc2)(c2ccccc2)C(C)(C)C)O[Si](C)(C)C(C)(C)C)c1C(=O)OCC[Si](C)(C)C. The zero-order valence-electron chi connectivity index (χ0n) is 41.1. The van der Waals surface area contributed by atoms with Crippen LogP contribution in [0.15, 0.2) is 91.0 Å². The molecule has 1 saturated heterocycles. The van der Waals surface area contributed by atoms with Crippen LogP contribution in [0.3, 0.4) is 0 Å². The van der Waals surface area contributed by atoms with Gasteiger partial charge in [-0.25, -0.2) is 4.79 Å². The van der Waals surface area contributed by atoms with E-state index in [4.69, 9.17) is 44.1 Å². The van der Waals surface area contributed by atoms with Crippen LogP contribution < -0.4 is 15.1 Å². The fraction of sp³-hybridized carbons (Fsp3) is 0.549. The summed E-state index contributed by atoms with van der Waals surface area (Å²) in [5, 5.41) is 2.73. The zero-order chi connectivity index (χ0) is 47.0. The van der Waals surface area contributed by atoms with Gasteiger partial charge in [-0.05, 0) is 90.4 Å². The van der Waals surface area contributed by atoms with Crippen molar-refractivity contribution in [1.29, 1.82) is 0 Å². The maximum atomic E-state index is 13.7. The molecular weight excluding hydrogens is 860 g/mol. The van der Waals surface area contributed by atoms with Crippen molar-refractivity contribution in [2.45, 2.75) is 155 Å². The van der Waals surface area contributed by atoms with Crippen molar-refractivity contribution in [3.63, 3.8) is 0 Å². The molecule has 1 unspecified atom stereocenters. The third-order valence-corrected chi connectivity index (χ3v) is 23.8. The number of benzene rings is 3. The van der Waals surface area contributed by atoms with E-state index in [9.17, 15) is 4.79 Å². The van der Waals surface area contributed by atoms with E-state index in [1.807, 2.05) is 26.0 Å². The van der Waals surface area contributed by atoms with Crippen LogP contribution in [0.1, 0.15) is 91.6 Å². The van der Waals surface area contributed by atoms with E-state index in [1.165, 1.54) is 17.5 Å². The Balaban J connectivity index is 1.70. The first kappa shape index (κ1) is 52.8. The molecule has 0 radical (unpaired) electrons. The summed E-state index contributed by atoms with van der Waals surface area (Å²) < 4.78 is 45.1. The lowest BCUT2D eigenvalue weighted by atomic mass is 10.00. The van der Waals surface area contributed by atoms with Gasteiger partial charge in [0, 0.05) is 26.3 Å². The fourth-order valence-corrected chi connectivity index (χ4v) is 14.6. The van der Waals surface area contributed by atoms with Crippen molar-refractivity contribution in [2.24, 2.45) is 5.92 Å². The molecule has 348 valence electrons. The molecule has 5 atom stereocenters. The molecule has 0 bridgehead atoms. The standard InChI is InChI=1S/C51H77ClO8Si3/c1-37(38(2)59-63(50(6,7)8,41-25-19-17-20-26-41)42-27-21-18-22-28-42)30-31-44(60-62(15,16)49(3,4)5)47-43(57-51(9,10)58-47)29-23-24-39-34-40(52)35-45(56-36-54-11)46(39)48(53)55-32-33-61(12,13)14/h17-28,30-31,34-35,37-38,43-44,47H,29,32-33,36H2,1-16H3/b24-23+,31-30-/t37-,38-,43+,44?,47-/m0/s1. The molecule has 0 aromatic heterocycles. The molecule has 0 aliphatic carbocycles. The van der Waals surface area contributed by atoms with Crippen molar-refractivity contribution >= 4 is 58.7 Å². The summed E-state index contributed by atoms with van der Waals surface area (Å²) in [4.78, 5) is 13.7. The van der Waals surface area contributed by atoms with Crippen LogP contribution >= 0.6 is 11.6 Å². The number of methoxy groups -OCH3 is 1. The number of hydrogen-bond donors (Lipinski definition) is 0. The van der Waals surface area contributed by atoms with Crippen LogP contribution in [0.4, 0.5) is 0 Å². The lowest BCUT2D eigenvalue weighted by Gasteiger charge is -2.45. The third-order valence-electron chi connectivity index (χ3n) is 12.3. The number of esters is 1.